The number of primary amides is 1. The number of hydrogen-bond acceptors (Lipinski definition) is 4. The van der Waals surface area contributed by atoms with Crippen molar-refractivity contribution in [3.63, 3.8) is 0 Å². The van der Waals surface area contributed by atoms with Crippen LogP contribution in [0.2, 0.25) is 0 Å². The van der Waals surface area contributed by atoms with Gasteiger partial charge in [-0.2, -0.15) is 0 Å². The molecule has 0 unspecified atom stereocenters. The highest BCUT2D eigenvalue weighted by Gasteiger charge is 2.22. The molecule has 5 rings (SSSR count). The van der Waals surface area contributed by atoms with Crippen LogP contribution in [0.15, 0.2) is 85.5 Å². The van der Waals surface area contributed by atoms with Crippen molar-refractivity contribution in [2.75, 3.05) is 5.32 Å². The quantitative estimate of drug-likeness (QED) is 0.339. The maximum absolute atomic E-state index is 12.4. The van der Waals surface area contributed by atoms with E-state index in [-0.39, 0.29) is 11.5 Å². The number of para-hydroxylation sites is 1. The first-order chi connectivity index (χ1) is 16.0. The second-order valence-corrected chi connectivity index (χ2v) is 7.33. The van der Waals surface area contributed by atoms with Gasteiger partial charge in [0.1, 0.15) is 17.1 Å². The van der Waals surface area contributed by atoms with Crippen molar-refractivity contribution in [3.8, 4) is 22.8 Å². The number of benzene rings is 3. The van der Waals surface area contributed by atoms with Crippen molar-refractivity contribution in [2.24, 2.45) is 5.73 Å². The summed E-state index contributed by atoms with van der Waals surface area (Å²) in [5.41, 5.74) is 9.61. The fourth-order valence-electron chi connectivity index (χ4n) is 3.66. The first-order valence-corrected chi connectivity index (χ1v) is 10.1. The molecule has 0 aliphatic rings. The summed E-state index contributed by atoms with van der Waals surface area (Å²) >= 11 is 0. The lowest BCUT2D eigenvalue weighted by molar-refractivity contribution is -0.111. The van der Waals surface area contributed by atoms with Crippen LogP contribution in [0.5, 0.6) is 11.5 Å². The SMILES string of the molecule is C=CC(=O)Nc1ccc2nc3c(C(N)=O)c(-c4ccc(Oc5ccccc5)cc4)[nH]n3c2c1. The molecule has 0 aliphatic carbocycles. The molecule has 3 aromatic carbocycles. The van der Waals surface area contributed by atoms with Crippen LogP contribution in [0.4, 0.5) is 5.69 Å². The number of H-pyrrole nitrogens is 1. The molecule has 162 valence electrons. The van der Waals surface area contributed by atoms with Gasteiger partial charge in [-0.3, -0.25) is 14.7 Å². The number of ether oxygens (including phenoxy) is 1. The van der Waals surface area contributed by atoms with Crippen molar-refractivity contribution in [1.82, 2.24) is 14.6 Å². The van der Waals surface area contributed by atoms with E-state index in [1.54, 1.807) is 22.7 Å². The third-order valence-electron chi connectivity index (χ3n) is 5.17. The average Bonchev–Trinajstić information content (AvgIpc) is 3.36. The summed E-state index contributed by atoms with van der Waals surface area (Å²) in [6.07, 6.45) is 1.19. The van der Waals surface area contributed by atoms with Gasteiger partial charge in [0.15, 0.2) is 5.65 Å². The first kappa shape index (κ1) is 20.1. The molecule has 4 N–H and O–H groups in total. The Bertz CT molecular complexity index is 1520. The van der Waals surface area contributed by atoms with Gasteiger partial charge in [0.05, 0.1) is 16.7 Å². The van der Waals surface area contributed by atoms with Crippen molar-refractivity contribution in [1.29, 1.82) is 0 Å². The van der Waals surface area contributed by atoms with E-state index >= 15 is 0 Å². The van der Waals surface area contributed by atoms with Gasteiger partial charge in [0.2, 0.25) is 5.91 Å². The predicted molar refractivity (Wildman–Crippen MR) is 126 cm³/mol. The maximum Gasteiger partial charge on any atom is 0.254 e. The zero-order valence-corrected chi connectivity index (χ0v) is 17.4. The fourth-order valence-corrected chi connectivity index (χ4v) is 3.66. The van der Waals surface area contributed by atoms with Crippen LogP contribution >= 0.6 is 0 Å². The Morgan fingerprint density at radius 3 is 2.45 bits per heavy atom. The summed E-state index contributed by atoms with van der Waals surface area (Å²) in [7, 11) is 0. The van der Waals surface area contributed by atoms with Gasteiger partial charge >= 0.3 is 0 Å². The number of hydrogen-bond donors (Lipinski definition) is 3. The minimum absolute atomic E-state index is 0.277. The van der Waals surface area contributed by atoms with Crippen molar-refractivity contribution in [2.45, 2.75) is 0 Å². The van der Waals surface area contributed by atoms with Gasteiger partial charge < -0.3 is 15.8 Å². The summed E-state index contributed by atoms with van der Waals surface area (Å²) in [5, 5.41) is 5.95. The standard InChI is InChI=1S/C25H19N5O3/c1-2-21(31)27-16-10-13-19-20(14-16)30-25(28-19)22(24(26)32)23(29-30)15-8-11-18(12-9-15)33-17-6-4-3-5-7-17/h2-14,29H,1H2,(H2,26,32)(H,27,31). The van der Waals surface area contributed by atoms with Gasteiger partial charge in [-0.15, -0.1) is 0 Å². The molecule has 0 atom stereocenters. The van der Waals surface area contributed by atoms with Crippen LogP contribution < -0.4 is 15.8 Å². The molecule has 0 spiro atoms. The number of nitrogens with zero attached hydrogens (tertiary/aromatic N) is 2. The monoisotopic (exact) mass is 437 g/mol. The lowest BCUT2D eigenvalue weighted by atomic mass is 10.1. The third kappa shape index (κ3) is 3.70. The van der Waals surface area contributed by atoms with Crippen LogP contribution in [0.1, 0.15) is 10.4 Å². The topological polar surface area (TPSA) is 115 Å². The van der Waals surface area contributed by atoms with Gasteiger partial charge in [-0.1, -0.05) is 24.8 Å². The van der Waals surface area contributed by atoms with Crippen molar-refractivity contribution < 1.29 is 14.3 Å². The van der Waals surface area contributed by atoms with Crippen LogP contribution in [-0.4, -0.2) is 26.4 Å². The van der Waals surface area contributed by atoms with E-state index < -0.39 is 5.91 Å². The summed E-state index contributed by atoms with van der Waals surface area (Å²) in [5.74, 6) is 0.469. The molecule has 0 aliphatic heterocycles. The van der Waals surface area contributed by atoms with Gasteiger partial charge in [-0.25, -0.2) is 9.50 Å². The molecule has 0 radical (unpaired) electrons. The molecule has 8 heteroatoms. The van der Waals surface area contributed by atoms with Crippen LogP contribution in [0, 0.1) is 0 Å². The number of nitrogens with one attached hydrogen (secondary N) is 2. The smallest absolute Gasteiger partial charge is 0.254 e. The molecule has 2 aromatic heterocycles. The number of amides is 2. The van der Waals surface area contributed by atoms with E-state index in [0.717, 1.165) is 11.3 Å². The van der Waals surface area contributed by atoms with E-state index in [9.17, 15) is 9.59 Å². The Labute approximate surface area is 188 Å². The highest BCUT2D eigenvalue weighted by Crippen LogP contribution is 2.31. The summed E-state index contributed by atoms with van der Waals surface area (Å²) < 4.78 is 7.52. The number of carbonyl (C=O) groups is 2. The average molecular weight is 437 g/mol. The van der Waals surface area contributed by atoms with Gasteiger partial charge in [-0.05, 0) is 60.7 Å². The Kier molecular flexibility index (Phi) is 4.87. The third-order valence-corrected chi connectivity index (χ3v) is 5.17. The van der Waals surface area contributed by atoms with Gasteiger partial charge in [0.25, 0.3) is 5.91 Å². The maximum atomic E-state index is 12.4. The van der Waals surface area contributed by atoms with E-state index in [0.29, 0.717) is 33.8 Å². The second kappa shape index (κ2) is 8.01. The number of anilines is 1. The number of aromatic amines is 1. The number of fused-ring (bicyclic) bond motifs is 3. The molecule has 0 saturated heterocycles. The minimum Gasteiger partial charge on any atom is -0.457 e. The molecule has 2 heterocycles. The Morgan fingerprint density at radius 1 is 1.03 bits per heavy atom. The number of imidazole rings is 1. The molecule has 0 saturated carbocycles. The molecular formula is C25H19N5O3. The largest absolute Gasteiger partial charge is 0.457 e. The minimum atomic E-state index is -0.601. The van der Waals surface area contributed by atoms with E-state index in [1.165, 1.54) is 6.08 Å². The predicted octanol–water partition coefficient (Wildman–Crippen LogP) is 4.50. The van der Waals surface area contributed by atoms with E-state index in [4.69, 9.17) is 10.5 Å². The molecule has 0 fully saturated rings. The fraction of sp³-hybridized carbons (Fsp3) is 0. The lowest BCUT2D eigenvalue weighted by Crippen LogP contribution is -2.12. The number of nitrogens with two attached hydrogens (primary N) is 1. The van der Waals surface area contributed by atoms with Crippen LogP contribution in [-0.2, 0) is 4.79 Å². The number of carbonyl (C=O) groups excluding carboxylic acids is 2. The molecule has 0 bridgehead atoms. The van der Waals surface area contributed by atoms with E-state index in [1.807, 2.05) is 54.6 Å². The zero-order chi connectivity index (χ0) is 22.9. The molecule has 2 amide bonds. The normalized spacial score (nSPS) is 10.9. The molecular weight excluding hydrogens is 418 g/mol. The highest BCUT2D eigenvalue weighted by atomic mass is 16.5. The van der Waals surface area contributed by atoms with E-state index in [2.05, 4.69) is 22.0 Å². The highest BCUT2D eigenvalue weighted by molar-refractivity contribution is 6.06. The van der Waals surface area contributed by atoms with Crippen LogP contribution in [0.25, 0.3) is 27.9 Å². The van der Waals surface area contributed by atoms with Crippen molar-refractivity contribution >= 4 is 34.2 Å². The van der Waals surface area contributed by atoms with Crippen LogP contribution in [0.3, 0.4) is 0 Å². The van der Waals surface area contributed by atoms with Crippen molar-refractivity contribution in [3.05, 3.63) is 91.0 Å². The summed E-state index contributed by atoms with van der Waals surface area (Å²) in [4.78, 5) is 28.6. The zero-order valence-electron chi connectivity index (χ0n) is 17.4. The summed E-state index contributed by atoms with van der Waals surface area (Å²) in [6, 6.07) is 22.0. The lowest BCUT2D eigenvalue weighted by Gasteiger charge is -2.07. The number of aromatic nitrogens is 3. The number of rotatable bonds is 6. The Balaban J connectivity index is 1.56. The van der Waals surface area contributed by atoms with Gasteiger partial charge in [0, 0.05) is 11.3 Å². The summed E-state index contributed by atoms with van der Waals surface area (Å²) in [6.45, 7) is 3.46. The molecule has 5 aromatic rings. The Hall–Kier alpha value is -4.85. The first-order valence-electron chi connectivity index (χ1n) is 10.1. The Morgan fingerprint density at radius 2 is 1.76 bits per heavy atom. The second-order valence-electron chi connectivity index (χ2n) is 7.33. The molecule has 8 nitrogen and oxygen atoms in total. The molecule has 33 heavy (non-hydrogen) atoms.